The zero-order valence-corrected chi connectivity index (χ0v) is 15.0. The molecule has 0 aromatic heterocycles. The second-order valence-corrected chi connectivity index (χ2v) is 7.06. The van der Waals surface area contributed by atoms with Crippen LogP contribution in [0.4, 0.5) is 0 Å². The Hall–Kier alpha value is -2.27. The predicted molar refractivity (Wildman–Crippen MR) is 98.3 cm³/mol. The van der Waals surface area contributed by atoms with Crippen molar-refractivity contribution in [3.8, 4) is 0 Å². The number of ether oxygens (including phenoxy) is 1. The monoisotopic (exact) mass is 355 g/mol. The summed E-state index contributed by atoms with van der Waals surface area (Å²) in [6.07, 6.45) is 0.0843. The Bertz CT molecular complexity index is 748. The topological polar surface area (TPSA) is 46.6 Å². The molecule has 1 atom stereocenters. The molecule has 0 bridgehead atoms. The van der Waals surface area contributed by atoms with Gasteiger partial charge in [-0.15, -0.1) is 11.8 Å². The van der Waals surface area contributed by atoms with Gasteiger partial charge >= 0.3 is 5.97 Å². The third-order valence-corrected chi connectivity index (χ3v) is 5.18. The van der Waals surface area contributed by atoms with Crippen LogP contribution in [0.3, 0.4) is 0 Å². The fraction of sp³-hybridized carbons (Fsp3) is 0.300. The lowest BCUT2D eigenvalue weighted by atomic mass is 9.99. The molecule has 0 radical (unpaired) electrons. The van der Waals surface area contributed by atoms with E-state index in [0.29, 0.717) is 13.1 Å². The van der Waals surface area contributed by atoms with Crippen molar-refractivity contribution in [2.45, 2.75) is 30.9 Å². The van der Waals surface area contributed by atoms with Gasteiger partial charge in [0.25, 0.3) is 5.91 Å². The molecule has 2 aromatic rings. The average molecular weight is 355 g/mol. The van der Waals surface area contributed by atoms with Gasteiger partial charge in [-0.1, -0.05) is 42.5 Å². The number of benzene rings is 2. The first-order chi connectivity index (χ1) is 12.1. The molecule has 0 fully saturated rings. The van der Waals surface area contributed by atoms with E-state index >= 15 is 0 Å². The molecule has 0 N–H and O–H groups in total. The second kappa shape index (κ2) is 8.21. The lowest BCUT2D eigenvalue weighted by molar-refractivity contribution is -0.157. The Kier molecular flexibility index (Phi) is 5.76. The molecule has 5 heteroatoms. The summed E-state index contributed by atoms with van der Waals surface area (Å²) >= 11 is 1.41. The smallest absolute Gasteiger partial charge is 0.317 e. The minimum atomic E-state index is -0.755. The van der Waals surface area contributed by atoms with Crippen molar-refractivity contribution in [1.29, 1.82) is 0 Å². The molecular formula is C20H21NO3S. The van der Waals surface area contributed by atoms with E-state index in [1.807, 2.05) is 48.5 Å². The van der Waals surface area contributed by atoms with Crippen molar-refractivity contribution in [2.24, 2.45) is 0 Å². The highest BCUT2D eigenvalue weighted by Crippen LogP contribution is 2.20. The summed E-state index contributed by atoms with van der Waals surface area (Å²) in [4.78, 5) is 27.3. The van der Waals surface area contributed by atoms with Crippen LogP contribution in [0.2, 0.25) is 0 Å². The first kappa shape index (κ1) is 17.5. The minimum Gasteiger partial charge on any atom is -0.452 e. The van der Waals surface area contributed by atoms with E-state index in [2.05, 4.69) is 6.07 Å². The van der Waals surface area contributed by atoms with E-state index in [0.717, 1.165) is 11.3 Å². The lowest BCUT2D eigenvalue weighted by Crippen LogP contribution is -2.42. The van der Waals surface area contributed by atoms with Gasteiger partial charge in [-0.2, -0.15) is 0 Å². The Morgan fingerprint density at radius 2 is 1.76 bits per heavy atom. The lowest BCUT2D eigenvalue weighted by Gasteiger charge is -2.30. The van der Waals surface area contributed by atoms with Crippen LogP contribution in [0.1, 0.15) is 18.1 Å². The fourth-order valence-electron chi connectivity index (χ4n) is 2.88. The van der Waals surface area contributed by atoms with Crippen LogP contribution >= 0.6 is 11.8 Å². The largest absolute Gasteiger partial charge is 0.452 e. The standard InChI is InChI=1S/C20H21NO3S/c1-15(24-19(22)14-25-18-9-3-2-4-10-18)20(23)21-12-11-16-7-5-6-8-17(16)13-21/h2-10,15H,11-14H2,1H3/t15-/m1/s1. The van der Waals surface area contributed by atoms with Crippen LogP contribution in [-0.4, -0.2) is 35.2 Å². The normalized spacial score (nSPS) is 14.5. The molecule has 1 aliphatic rings. The number of carbonyl (C=O) groups excluding carboxylic acids is 2. The number of thioether (sulfide) groups is 1. The van der Waals surface area contributed by atoms with E-state index in [4.69, 9.17) is 4.74 Å². The Balaban J connectivity index is 1.50. The molecule has 3 rings (SSSR count). The Labute approximate surface area is 152 Å². The molecule has 1 aliphatic heterocycles. The second-order valence-electron chi connectivity index (χ2n) is 6.01. The Morgan fingerprint density at radius 1 is 1.08 bits per heavy atom. The molecule has 0 unspecified atom stereocenters. The maximum atomic E-state index is 12.6. The van der Waals surface area contributed by atoms with Crippen LogP contribution in [0, 0.1) is 0 Å². The van der Waals surface area contributed by atoms with Gasteiger partial charge in [-0.3, -0.25) is 9.59 Å². The number of nitrogens with zero attached hydrogens (tertiary/aromatic N) is 1. The highest BCUT2D eigenvalue weighted by molar-refractivity contribution is 8.00. The molecule has 1 heterocycles. The van der Waals surface area contributed by atoms with Crippen molar-refractivity contribution < 1.29 is 14.3 Å². The van der Waals surface area contributed by atoms with Crippen molar-refractivity contribution in [2.75, 3.05) is 12.3 Å². The van der Waals surface area contributed by atoms with Gasteiger partial charge < -0.3 is 9.64 Å². The highest BCUT2D eigenvalue weighted by atomic mass is 32.2. The molecule has 130 valence electrons. The van der Waals surface area contributed by atoms with Gasteiger partial charge in [0, 0.05) is 18.0 Å². The molecule has 25 heavy (non-hydrogen) atoms. The molecule has 0 aliphatic carbocycles. The van der Waals surface area contributed by atoms with Crippen LogP contribution in [0.25, 0.3) is 0 Å². The number of fused-ring (bicyclic) bond motifs is 1. The summed E-state index contributed by atoms with van der Waals surface area (Å²) in [6.45, 7) is 2.89. The van der Waals surface area contributed by atoms with Gasteiger partial charge in [0.05, 0.1) is 5.75 Å². The summed E-state index contributed by atoms with van der Waals surface area (Å²) in [6, 6.07) is 17.8. The number of amides is 1. The average Bonchev–Trinajstić information content (AvgIpc) is 2.66. The molecule has 2 aromatic carbocycles. The van der Waals surface area contributed by atoms with Gasteiger partial charge in [0.15, 0.2) is 6.10 Å². The van der Waals surface area contributed by atoms with Crippen molar-refractivity contribution in [3.05, 3.63) is 65.7 Å². The van der Waals surface area contributed by atoms with Crippen LogP contribution in [0.15, 0.2) is 59.5 Å². The third-order valence-electron chi connectivity index (χ3n) is 4.20. The number of carbonyl (C=O) groups is 2. The van der Waals surface area contributed by atoms with Crippen LogP contribution in [-0.2, 0) is 27.3 Å². The predicted octanol–water partition coefficient (Wildman–Crippen LogP) is 3.30. The maximum Gasteiger partial charge on any atom is 0.317 e. The number of hydrogen-bond donors (Lipinski definition) is 0. The summed E-state index contributed by atoms with van der Waals surface area (Å²) in [5.41, 5.74) is 2.45. The van der Waals surface area contributed by atoms with E-state index < -0.39 is 6.10 Å². The van der Waals surface area contributed by atoms with Gasteiger partial charge in [-0.25, -0.2) is 0 Å². The number of hydrogen-bond acceptors (Lipinski definition) is 4. The van der Waals surface area contributed by atoms with Crippen LogP contribution in [0.5, 0.6) is 0 Å². The van der Waals surface area contributed by atoms with E-state index in [9.17, 15) is 9.59 Å². The van der Waals surface area contributed by atoms with E-state index in [1.54, 1.807) is 11.8 Å². The number of esters is 1. The Morgan fingerprint density at radius 3 is 2.52 bits per heavy atom. The summed E-state index contributed by atoms with van der Waals surface area (Å²) < 4.78 is 5.32. The SMILES string of the molecule is C[C@@H](OC(=O)CSc1ccccc1)C(=O)N1CCc2ccccc2C1. The maximum absolute atomic E-state index is 12.6. The molecule has 0 spiro atoms. The van der Waals surface area contributed by atoms with Crippen molar-refractivity contribution in [1.82, 2.24) is 4.90 Å². The molecule has 0 saturated carbocycles. The highest BCUT2D eigenvalue weighted by Gasteiger charge is 2.26. The van der Waals surface area contributed by atoms with E-state index in [1.165, 1.54) is 22.9 Å². The third kappa shape index (κ3) is 4.63. The van der Waals surface area contributed by atoms with Gasteiger partial charge in [0.1, 0.15) is 0 Å². The van der Waals surface area contributed by atoms with Crippen molar-refractivity contribution in [3.63, 3.8) is 0 Å². The van der Waals surface area contributed by atoms with Crippen molar-refractivity contribution >= 4 is 23.6 Å². The first-order valence-corrected chi connectivity index (χ1v) is 9.35. The van der Waals surface area contributed by atoms with Gasteiger partial charge in [-0.05, 0) is 36.6 Å². The zero-order valence-electron chi connectivity index (χ0n) is 14.2. The minimum absolute atomic E-state index is 0.132. The first-order valence-electron chi connectivity index (χ1n) is 8.36. The van der Waals surface area contributed by atoms with E-state index in [-0.39, 0.29) is 17.6 Å². The molecule has 4 nitrogen and oxygen atoms in total. The molecule has 1 amide bonds. The van der Waals surface area contributed by atoms with Gasteiger partial charge in [0.2, 0.25) is 0 Å². The number of rotatable bonds is 5. The van der Waals surface area contributed by atoms with Crippen LogP contribution < -0.4 is 0 Å². The summed E-state index contributed by atoms with van der Waals surface area (Å²) in [5, 5.41) is 0. The fourth-order valence-corrected chi connectivity index (χ4v) is 3.58. The summed E-state index contributed by atoms with van der Waals surface area (Å²) in [5.74, 6) is -0.301. The molecule has 0 saturated heterocycles. The zero-order chi connectivity index (χ0) is 17.6. The quantitative estimate of drug-likeness (QED) is 0.610. The summed E-state index contributed by atoms with van der Waals surface area (Å²) in [7, 11) is 0. The molecular weight excluding hydrogens is 334 g/mol.